The predicted octanol–water partition coefficient (Wildman–Crippen LogP) is 4.21. The van der Waals surface area contributed by atoms with Crippen molar-refractivity contribution in [3.05, 3.63) is 52.2 Å². The lowest BCUT2D eigenvalue weighted by Crippen LogP contribution is -2.02. The maximum Gasteiger partial charge on any atom is 0.219 e. The first-order valence-corrected chi connectivity index (χ1v) is 7.49. The Morgan fingerprint density at radius 2 is 1.86 bits per heavy atom. The first-order chi connectivity index (χ1) is 10.0. The van der Waals surface area contributed by atoms with Crippen molar-refractivity contribution < 1.29 is 4.74 Å². The third kappa shape index (κ3) is 3.82. The molecule has 0 fully saturated rings. The van der Waals surface area contributed by atoms with Crippen LogP contribution in [0.3, 0.4) is 0 Å². The molecule has 0 saturated carbocycles. The minimum Gasteiger partial charge on any atom is -0.439 e. The summed E-state index contributed by atoms with van der Waals surface area (Å²) in [5.41, 5.74) is 11.4. The summed E-state index contributed by atoms with van der Waals surface area (Å²) in [6.07, 6.45) is 2.00. The molecule has 0 spiro atoms. The highest BCUT2D eigenvalue weighted by Gasteiger charge is 2.08. The van der Waals surface area contributed by atoms with Gasteiger partial charge in [-0.05, 0) is 61.6 Å². The van der Waals surface area contributed by atoms with E-state index in [2.05, 4.69) is 50.9 Å². The molecule has 0 aliphatic heterocycles. The Balaban J connectivity index is 2.37. The number of hydrogen-bond donors (Lipinski definition) is 1. The summed E-state index contributed by atoms with van der Waals surface area (Å²) in [5.74, 6) is 1.51. The van der Waals surface area contributed by atoms with Gasteiger partial charge in [0.1, 0.15) is 5.75 Å². The highest BCUT2D eigenvalue weighted by Crippen LogP contribution is 2.28. The van der Waals surface area contributed by atoms with E-state index in [0.29, 0.717) is 12.4 Å². The highest BCUT2D eigenvalue weighted by molar-refractivity contribution is 5.44. The molecule has 1 aromatic carbocycles. The van der Waals surface area contributed by atoms with E-state index in [9.17, 15) is 0 Å². The third-order valence-corrected chi connectivity index (χ3v) is 3.64. The smallest absolute Gasteiger partial charge is 0.219 e. The summed E-state index contributed by atoms with van der Waals surface area (Å²) in [7, 11) is 0. The number of ether oxygens (including phenoxy) is 1. The molecule has 2 N–H and O–H groups in total. The summed E-state index contributed by atoms with van der Waals surface area (Å²) in [4.78, 5) is 4.59. The largest absolute Gasteiger partial charge is 0.439 e. The van der Waals surface area contributed by atoms with Gasteiger partial charge in [-0.15, -0.1) is 0 Å². The second-order valence-corrected chi connectivity index (χ2v) is 5.57. The fourth-order valence-electron chi connectivity index (χ4n) is 2.39. The molecule has 0 aliphatic carbocycles. The number of pyridine rings is 1. The van der Waals surface area contributed by atoms with E-state index >= 15 is 0 Å². The van der Waals surface area contributed by atoms with Crippen molar-refractivity contribution in [1.82, 2.24) is 4.98 Å². The molecule has 21 heavy (non-hydrogen) atoms. The lowest BCUT2D eigenvalue weighted by molar-refractivity contribution is 0.455. The van der Waals surface area contributed by atoms with Crippen LogP contribution >= 0.6 is 0 Å². The second-order valence-electron chi connectivity index (χ2n) is 5.57. The zero-order valence-corrected chi connectivity index (χ0v) is 13.4. The topological polar surface area (TPSA) is 48.1 Å². The standard InChI is InChI=1S/C18H24N2O/c1-5-6-16-9-15(11-19)10-18(20-16)21-17-8-12(2)7-13(3)14(17)4/h7-10H,5-6,11,19H2,1-4H3. The molecule has 1 aromatic heterocycles. The van der Waals surface area contributed by atoms with Crippen LogP contribution in [0.5, 0.6) is 11.6 Å². The number of nitrogens with zero attached hydrogens (tertiary/aromatic N) is 1. The normalized spacial score (nSPS) is 10.7. The van der Waals surface area contributed by atoms with Gasteiger partial charge in [0.05, 0.1) is 0 Å². The van der Waals surface area contributed by atoms with Gasteiger partial charge in [-0.1, -0.05) is 19.4 Å². The molecule has 0 aliphatic rings. The Kier molecular flexibility index (Phi) is 4.97. The van der Waals surface area contributed by atoms with Gasteiger partial charge < -0.3 is 10.5 Å². The fourth-order valence-corrected chi connectivity index (χ4v) is 2.39. The summed E-state index contributed by atoms with van der Waals surface area (Å²) in [6.45, 7) is 8.89. The Hall–Kier alpha value is -1.87. The van der Waals surface area contributed by atoms with Crippen LogP contribution in [0.1, 0.15) is 41.3 Å². The van der Waals surface area contributed by atoms with Crippen LogP contribution in [0, 0.1) is 20.8 Å². The van der Waals surface area contributed by atoms with Crippen molar-refractivity contribution in [2.45, 2.75) is 47.1 Å². The van der Waals surface area contributed by atoms with Crippen molar-refractivity contribution in [3.63, 3.8) is 0 Å². The zero-order chi connectivity index (χ0) is 15.4. The van der Waals surface area contributed by atoms with Gasteiger partial charge in [0.2, 0.25) is 5.88 Å². The van der Waals surface area contributed by atoms with E-state index < -0.39 is 0 Å². The highest BCUT2D eigenvalue weighted by atomic mass is 16.5. The van der Waals surface area contributed by atoms with Gasteiger partial charge in [-0.2, -0.15) is 0 Å². The Morgan fingerprint density at radius 3 is 2.52 bits per heavy atom. The quantitative estimate of drug-likeness (QED) is 0.894. The minimum atomic E-state index is 0.501. The van der Waals surface area contributed by atoms with Crippen molar-refractivity contribution in [1.29, 1.82) is 0 Å². The third-order valence-electron chi connectivity index (χ3n) is 3.64. The molecule has 0 unspecified atom stereocenters. The molecule has 112 valence electrons. The first kappa shape index (κ1) is 15.5. The second kappa shape index (κ2) is 6.72. The van der Waals surface area contributed by atoms with Gasteiger partial charge in [0, 0.05) is 18.3 Å². The number of aromatic nitrogens is 1. The summed E-state index contributed by atoms with van der Waals surface area (Å²) in [6, 6.07) is 8.20. The molecule has 2 aromatic rings. The molecular weight excluding hydrogens is 260 g/mol. The number of hydrogen-bond acceptors (Lipinski definition) is 3. The van der Waals surface area contributed by atoms with E-state index in [1.165, 1.54) is 11.1 Å². The van der Waals surface area contributed by atoms with Gasteiger partial charge in [-0.25, -0.2) is 4.98 Å². The Bertz CT molecular complexity index is 635. The summed E-state index contributed by atoms with van der Waals surface area (Å²) in [5, 5.41) is 0. The number of nitrogens with two attached hydrogens (primary N) is 1. The van der Waals surface area contributed by atoms with Crippen LogP contribution in [0.2, 0.25) is 0 Å². The molecule has 1 heterocycles. The Morgan fingerprint density at radius 1 is 1.10 bits per heavy atom. The minimum absolute atomic E-state index is 0.501. The van der Waals surface area contributed by atoms with Crippen LogP contribution in [-0.2, 0) is 13.0 Å². The van der Waals surface area contributed by atoms with E-state index in [-0.39, 0.29) is 0 Å². The average Bonchev–Trinajstić information content (AvgIpc) is 2.44. The van der Waals surface area contributed by atoms with Gasteiger partial charge in [0.15, 0.2) is 0 Å². The molecular formula is C18H24N2O. The maximum atomic E-state index is 6.03. The van der Waals surface area contributed by atoms with Crippen LogP contribution in [-0.4, -0.2) is 4.98 Å². The average molecular weight is 284 g/mol. The van der Waals surface area contributed by atoms with Crippen molar-refractivity contribution >= 4 is 0 Å². The summed E-state index contributed by atoms with van der Waals surface area (Å²) >= 11 is 0. The lowest BCUT2D eigenvalue weighted by atomic mass is 10.1. The van der Waals surface area contributed by atoms with Crippen LogP contribution in [0.25, 0.3) is 0 Å². The fraction of sp³-hybridized carbons (Fsp3) is 0.389. The molecule has 3 heteroatoms. The Labute approximate surface area is 127 Å². The van der Waals surface area contributed by atoms with E-state index in [1.807, 2.05) is 6.07 Å². The molecule has 0 saturated heterocycles. The van der Waals surface area contributed by atoms with Crippen LogP contribution < -0.4 is 10.5 Å². The summed E-state index contributed by atoms with van der Waals surface area (Å²) < 4.78 is 6.03. The van der Waals surface area contributed by atoms with Crippen LogP contribution in [0.4, 0.5) is 0 Å². The van der Waals surface area contributed by atoms with E-state index in [1.54, 1.807) is 0 Å². The van der Waals surface area contributed by atoms with Crippen molar-refractivity contribution in [2.75, 3.05) is 0 Å². The maximum absolute atomic E-state index is 6.03. The number of aryl methyl sites for hydroxylation is 3. The molecule has 3 nitrogen and oxygen atoms in total. The zero-order valence-electron chi connectivity index (χ0n) is 13.4. The van der Waals surface area contributed by atoms with Gasteiger partial charge in [-0.3, -0.25) is 0 Å². The number of benzene rings is 1. The first-order valence-electron chi connectivity index (χ1n) is 7.49. The number of rotatable bonds is 5. The van der Waals surface area contributed by atoms with E-state index in [4.69, 9.17) is 10.5 Å². The SMILES string of the molecule is CCCc1cc(CN)cc(Oc2cc(C)cc(C)c2C)n1. The van der Waals surface area contributed by atoms with Crippen molar-refractivity contribution in [2.24, 2.45) is 5.73 Å². The van der Waals surface area contributed by atoms with Gasteiger partial charge in [0.25, 0.3) is 0 Å². The van der Waals surface area contributed by atoms with Crippen molar-refractivity contribution in [3.8, 4) is 11.6 Å². The van der Waals surface area contributed by atoms with Gasteiger partial charge >= 0.3 is 0 Å². The van der Waals surface area contributed by atoms with Crippen LogP contribution in [0.15, 0.2) is 24.3 Å². The lowest BCUT2D eigenvalue weighted by Gasteiger charge is -2.13. The molecule has 0 atom stereocenters. The van der Waals surface area contributed by atoms with E-state index in [0.717, 1.165) is 35.4 Å². The monoisotopic (exact) mass is 284 g/mol. The molecule has 0 bridgehead atoms. The molecule has 2 rings (SSSR count). The predicted molar refractivity (Wildman–Crippen MR) is 86.9 cm³/mol. The molecule has 0 radical (unpaired) electrons. The molecule has 0 amide bonds.